The van der Waals surface area contributed by atoms with Crippen molar-refractivity contribution >= 4 is 5.78 Å². The van der Waals surface area contributed by atoms with Crippen LogP contribution in [-0.2, 0) is 4.79 Å². The van der Waals surface area contributed by atoms with Gasteiger partial charge in [0.2, 0.25) is 0 Å². The molecule has 0 rings (SSSR count). The van der Waals surface area contributed by atoms with Crippen LogP contribution in [0.5, 0.6) is 0 Å². The van der Waals surface area contributed by atoms with E-state index >= 15 is 0 Å². The lowest BCUT2D eigenvalue weighted by Gasteiger charge is -2.01. The van der Waals surface area contributed by atoms with E-state index < -0.39 is 0 Å². The monoisotopic (exact) mass is 178 g/mol. The summed E-state index contributed by atoms with van der Waals surface area (Å²) >= 11 is 0. The number of allylic oxidation sites excluding steroid dienone is 6. The van der Waals surface area contributed by atoms with Gasteiger partial charge in [-0.2, -0.15) is 0 Å². The summed E-state index contributed by atoms with van der Waals surface area (Å²) < 4.78 is 0. The zero-order chi connectivity index (χ0) is 10.3. The summed E-state index contributed by atoms with van der Waals surface area (Å²) in [5.41, 5.74) is 1.13. The minimum Gasteiger partial charge on any atom is -0.294 e. The van der Waals surface area contributed by atoms with Crippen molar-refractivity contribution in [1.82, 2.24) is 0 Å². The van der Waals surface area contributed by atoms with Crippen LogP contribution in [0.25, 0.3) is 0 Å². The van der Waals surface area contributed by atoms with Crippen molar-refractivity contribution in [3.8, 4) is 0 Å². The highest BCUT2D eigenvalue weighted by Crippen LogP contribution is 2.06. The number of rotatable bonds is 4. The highest BCUT2D eigenvalue weighted by molar-refractivity contribution is 5.92. The van der Waals surface area contributed by atoms with Gasteiger partial charge in [-0.15, -0.1) is 0 Å². The van der Waals surface area contributed by atoms with E-state index in [2.05, 4.69) is 0 Å². The first-order valence-electron chi connectivity index (χ1n) is 4.59. The summed E-state index contributed by atoms with van der Waals surface area (Å²) in [6.07, 6.45) is 9.34. The highest BCUT2D eigenvalue weighted by Gasteiger charge is 2.04. The van der Waals surface area contributed by atoms with Crippen molar-refractivity contribution in [3.63, 3.8) is 0 Å². The van der Waals surface area contributed by atoms with E-state index in [1.165, 1.54) is 0 Å². The van der Waals surface area contributed by atoms with Crippen LogP contribution in [0.4, 0.5) is 0 Å². The first-order valence-corrected chi connectivity index (χ1v) is 4.59. The third-order valence-electron chi connectivity index (χ3n) is 1.72. The topological polar surface area (TPSA) is 17.1 Å². The van der Waals surface area contributed by atoms with Crippen molar-refractivity contribution in [2.24, 2.45) is 5.92 Å². The molecule has 1 unspecified atom stereocenters. The maximum Gasteiger partial charge on any atom is 0.161 e. The van der Waals surface area contributed by atoms with Crippen molar-refractivity contribution in [1.29, 1.82) is 0 Å². The van der Waals surface area contributed by atoms with Crippen molar-refractivity contribution in [2.45, 2.75) is 27.7 Å². The lowest BCUT2D eigenvalue weighted by atomic mass is 10.0. The van der Waals surface area contributed by atoms with Crippen LogP contribution < -0.4 is 0 Å². The smallest absolute Gasteiger partial charge is 0.161 e. The summed E-state index contributed by atoms with van der Waals surface area (Å²) in [7, 11) is 0. The Morgan fingerprint density at radius 1 is 1.15 bits per heavy atom. The van der Waals surface area contributed by atoms with Gasteiger partial charge in [0.25, 0.3) is 0 Å². The van der Waals surface area contributed by atoms with Crippen LogP contribution >= 0.6 is 0 Å². The number of ketones is 1. The zero-order valence-electron chi connectivity index (χ0n) is 8.87. The Kier molecular flexibility index (Phi) is 5.86. The fourth-order valence-corrected chi connectivity index (χ4v) is 1.11. The molecule has 0 amide bonds. The van der Waals surface area contributed by atoms with Gasteiger partial charge < -0.3 is 0 Å². The molecule has 0 heterocycles. The molecule has 1 atom stereocenters. The molecule has 0 aromatic carbocycles. The molecule has 0 radical (unpaired) electrons. The molecule has 0 aromatic rings. The fraction of sp³-hybridized carbons (Fsp3) is 0.417. The summed E-state index contributed by atoms with van der Waals surface area (Å²) in [6, 6.07) is 0. The van der Waals surface area contributed by atoms with Crippen LogP contribution in [0.1, 0.15) is 27.7 Å². The largest absolute Gasteiger partial charge is 0.294 e. The second kappa shape index (κ2) is 6.41. The SMILES string of the molecule is C/C=C/C(=O)C(C)/C=C(C)\C=C\C. The van der Waals surface area contributed by atoms with E-state index in [1.54, 1.807) is 12.2 Å². The molecular weight excluding hydrogens is 160 g/mol. The molecule has 72 valence electrons. The molecule has 1 heteroatoms. The van der Waals surface area contributed by atoms with Crippen LogP contribution in [0.3, 0.4) is 0 Å². The van der Waals surface area contributed by atoms with E-state index in [4.69, 9.17) is 0 Å². The molecule has 0 bridgehead atoms. The van der Waals surface area contributed by atoms with Gasteiger partial charge in [0, 0.05) is 5.92 Å². The lowest BCUT2D eigenvalue weighted by Crippen LogP contribution is -2.04. The second-order valence-electron chi connectivity index (χ2n) is 3.10. The van der Waals surface area contributed by atoms with E-state index in [-0.39, 0.29) is 11.7 Å². The molecular formula is C12H18O. The van der Waals surface area contributed by atoms with Gasteiger partial charge in [-0.05, 0) is 26.8 Å². The van der Waals surface area contributed by atoms with Crippen LogP contribution in [0.2, 0.25) is 0 Å². The zero-order valence-corrected chi connectivity index (χ0v) is 8.87. The molecule has 0 aliphatic rings. The Morgan fingerprint density at radius 2 is 1.69 bits per heavy atom. The van der Waals surface area contributed by atoms with Crippen LogP contribution in [0.15, 0.2) is 36.0 Å². The Labute approximate surface area is 80.8 Å². The van der Waals surface area contributed by atoms with E-state index in [9.17, 15) is 4.79 Å². The normalized spacial score (nSPS) is 15.5. The predicted octanol–water partition coefficient (Wildman–Crippen LogP) is 3.29. The Balaban J connectivity index is 4.36. The van der Waals surface area contributed by atoms with Gasteiger partial charge in [-0.1, -0.05) is 36.8 Å². The van der Waals surface area contributed by atoms with E-state index in [1.807, 2.05) is 45.9 Å². The molecule has 1 nitrogen and oxygen atoms in total. The predicted molar refractivity (Wildman–Crippen MR) is 57.6 cm³/mol. The maximum absolute atomic E-state index is 11.3. The summed E-state index contributed by atoms with van der Waals surface area (Å²) in [6.45, 7) is 7.73. The Hall–Kier alpha value is -1.11. The lowest BCUT2D eigenvalue weighted by molar-refractivity contribution is -0.116. The standard InChI is InChI=1S/C12H18O/c1-5-7-10(3)9-11(4)12(13)8-6-2/h5-9,11H,1-4H3/b7-5+,8-6+,10-9-. The quantitative estimate of drug-likeness (QED) is 0.477. The van der Waals surface area contributed by atoms with Crippen molar-refractivity contribution in [2.75, 3.05) is 0 Å². The first-order chi connectivity index (χ1) is 6.11. The van der Waals surface area contributed by atoms with Gasteiger partial charge in [0.05, 0.1) is 0 Å². The average molecular weight is 178 g/mol. The minimum atomic E-state index is -0.0209. The molecule has 13 heavy (non-hydrogen) atoms. The fourth-order valence-electron chi connectivity index (χ4n) is 1.11. The van der Waals surface area contributed by atoms with E-state index in [0.29, 0.717) is 0 Å². The minimum absolute atomic E-state index is 0.0209. The van der Waals surface area contributed by atoms with E-state index in [0.717, 1.165) is 5.57 Å². The molecule has 0 aliphatic heterocycles. The molecule has 0 aromatic heterocycles. The molecule has 0 fully saturated rings. The first kappa shape index (κ1) is 11.9. The molecule has 0 saturated heterocycles. The van der Waals surface area contributed by atoms with Crippen molar-refractivity contribution in [3.05, 3.63) is 36.0 Å². The molecule has 0 saturated carbocycles. The number of hydrogen-bond acceptors (Lipinski definition) is 1. The summed E-state index contributed by atoms with van der Waals surface area (Å²) in [4.78, 5) is 11.3. The van der Waals surface area contributed by atoms with Crippen LogP contribution in [-0.4, -0.2) is 5.78 Å². The Morgan fingerprint density at radius 3 is 2.15 bits per heavy atom. The number of carbonyl (C=O) groups excluding carboxylic acids is 1. The number of hydrogen-bond donors (Lipinski definition) is 0. The van der Waals surface area contributed by atoms with Crippen molar-refractivity contribution < 1.29 is 4.79 Å². The van der Waals surface area contributed by atoms with Crippen LogP contribution in [0, 0.1) is 5.92 Å². The van der Waals surface area contributed by atoms with Gasteiger partial charge in [-0.25, -0.2) is 0 Å². The maximum atomic E-state index is 11.3. The third kappa shape index (κ3) is 5.18. The second-order valence-corrected chi connectivity index (χ2v) is 3.10. The number of carbonyl (C=O) groups is 1. The third-order valence-corrected chi connectivity index (χ3v) is 1.72. The molecule has 0 aliphatic carbocycles. The summed E-state index contributed by atoms with van der Waals surface area (Å²) in [5, 5.41) is 0. The van der Waals surface area contributed by atoms with Gasteiger partial charge in [0.15, 0.2) is 5.78 Å². The average Bonchev–Trinajstić information content (AvgIpc) is 2.05. The van der Waals surface area contributed by atoms with Gasteiger partial charge >= 0.3 is 0 Å². The highest BCUT2D eigenvalue weighted by atomic mass is 16.1. The molecule has 0 N–H and O–H groups in total. The summed E-state index contributed by atoms with van der Waals surface area (Å²) in [5.74, 6) is 0.138. The van der Waals surface area contributed by atoms with Gasteiger partial charge in [-0.3, -0.25) is 4.79 Å². The Bertz CT molecular complexity index is 244. The van der Waals surface area contributed by atoms with Gasteiger partial charge in [0.1, 0.15) is 0 Å². The molecule has 0 spiro atoms.